The fraction of sp³-hybridized carbons (Fsp3) is 0.389. The second kappa shape index (κ2) is 8.42. The molecule has 3 N–H and O–H groups in total. The van der Waals surface area contributed by atoms with Gasteiger partial charge in [0.1, 0.15) is 12.4 Å². The van der Waals surface area contributed by atoms with Crippen LogP contribution in [0.15, 0.2) is 29.4 Å². The molecule has 1 aliphatic heterocycles. The van der Waals surface area contributed by atoms with Gasteiger partial charge in [-0.25, -0.2) is 4.98 Å². The Bertz CT molecular complexity index is 941. The van der Waals surface area contributed by atoms with Gasteiger partial charge >= 0.3 is 0 Å². The summed E-state index contributed by atoms with van der Waals surface area (Å²) in [6.45, 7) is 5.08. The molecular weight excluding hydrogens is 398 g/mol. The minimum atomic E-state index is 0.262. The van der Waals surface area contributed by atoms with Crippen molar-refractivity contribution < 1.29 is 4.74 Å². The smallest absolute Gasteiger partial charge is 0.224 e. The van der Waals surface area contributed by atoms with Crippen LogP contribution in [0.25, 0.3) is 11.2 Å². The number of rotatable bonds is 6. The van der Waals surface area contributed by atoms with E-state index in [0.29, 0.717) is 17.3 Å². The third kappa shape index (κ3) is 4.26. The van der Waals surface area contributed by atoms with Crippen molar-refractivity contribution in [2.24, 2.45) is 0 Å². The van der Waals surface area contributed by atoms with Gasteiger partial charge in [0.15, 0.2) is 22.1 Å². The lowest BCUT2D eigenvalue weighted by molar-refractivity contribution is 0.200. The highest BCUT2D eigenvalue weighted by atomic mass is 35.5. The Morgan fingerprint density at radius 3 is 2.61 bits per heavy atom. The second-order valence-electron chi connectivity index (χ2n) is 6.48. The third-order valence-electron chi connectivity index (χ3n) is 4.68. The van der Waals surface area contributed by atoms with Crippen LogP contribution in [0.4, 0.5) is 11.8 Å². The van der Waals surface area contributed by atoms with Crippen LogP contribution < -0.4 is 15.4 Å². The number of imidazole rings is 1. The number of anilines is 2. The van der Waals surface area contributed by atoms with E-state index < -0.39 is 0 Å². The Morgan fingerprint density at radius 2 is 1.89 bits per heavy atom. The highest BCUT2D eigenvalue weighted by molar-refractivity contribution is 7.98. The summed E-state index contributed by atoms with van der Waals surface area (Å²) in [6, 6.07) is 7.44. The lowest BCUT2D eigenvalue weighted by Crippen LogP contribution is -2.48. The molecule has 1 fully saturated rings. The van der Waals surface area contributed by atoms with Gasteiger partial charge in [0.25, 0.3) is 0 Å². The van der Waals surface area contributed by atoms with Gasteiger partial charge < -0.3 is 20.4 Å². The van der Waals surface area contributed by atoms with E-state index in [4.69, 9.17) is 22.1 Å². The number of fused-ring (bicyclic) bond motifs is 1. The van der Waals surface area contributed by atoms with E-state index in [2.05, 4.69) is 29.7 Å². The van der Waals surface area contributed by atoms with Crippen molar-refractivity contribution in [2.45, 2.75) is 5.16 Å². The number of ether oxygens (including phenoxy) is 1. The summed E-state index contributed by atoms with van der Waals surface area (Å²) in [5.41, 5.74) is 7.36. The van der Waals surface area contributed by atoms with Gasteiger partial charge in [-0.3, -0.25) is 4.90 Å². The topological polar surface area (TPSA) is 96.2 Å². The predicted molar refractivity (Wildman–Crippen MR) is 113 cm³/mol. The highest BCUT2D eigenvalue weighted by Crippen LogP contribution is 2.26. The zero-order valence-electron chi connectivity index (χ0n) is 15.6. The van der Waals surface area contributed by atoms with Crippen molar-refractivity contribution in [2.75, 3.05) is 56.2 Å². The molecule has 28 heavy (non-hydrogen) atoms. The Labute approximate surface area is 172 Å². The number of nitrogens with one attached hydrogen (secondary N) is 1. The minimum Gasteiger partial charge on any atom is -0.492 e. The lowest BCUT2D eigenvalue weighted by Gasteiger charge is -2.35. The monoisotopic (exact) mass is 419 g/mol. The molecule has 0 unspecified atom stereocenters. The van der Waals surface area contributed by atoms with Crippen LogP contribution in [0.3, 0.4) is 0 Å². The van der Waals surface area contributed by atoms with Crippen LogP contribution >= 0.6 is 23.4 Å². The second-order valence-corrected chi connectivity index (χ2v) is 7.71. The van der Waals surface area contributed by atoms with Gasteiger partial charge in [0, 0.05) is 37.7 Å². The van der Waals surface area contributed by atoms with E-state index in [0.717, 1.165) is 55.0 Å². The molecule has 3 aromatic rings. The van der Waals surface area contributed by atoms with Crippen LogP contribution in [0.1, 0.15) is 0 Å². The summed E-state index contributed by atoms with van der Waals surface area (Å²) in [5.74, 6) is 1.90. The molecular formula is C18H22ClN7OS. The van der Waals surface area contributed by atoms with Gasteiger partial charge in [-0.1, -0.05) is 23.4 Å². The van der Waals surface area contributed by atoms with Crippen LogP contribution in [0, 0.1) is 0 Å². The standard InChI is InChI=1S/C18H22ClN7OS/c1-28-18-21-14-15(23-18)22-17(20)24-16(14)26-8-6-25(7-9-26)10-11-27-13-4-2-12(19)3-5-13/h2-5H,6-11H2,1H3,(H3,20,21,22,23,24). The van der Waals surface area contributed by atoms with Gasteiger partial charge in [-0.15, -0.1) is 0 Å². The number of hydrogen-bond donors (Lipinski definition) is 2. The Balaban J connectivity index is 1.34. The lowest BCUT2D eigenvalue weighted by atomic mass is 10.3. The molecule has 0 amide bonds. The normalized spacial score (nSPS) is 15.3. The maximum absolute atomic E-state index is 5.90. The SMILES string of the molecule is CSc1nc2c(N3CCN(CCOc4ccc(Cl)cc4)CC3)nc(N)nc2[nH]1. The van der Waals surface area contributed by atoms with Crippen LogP contribution in [0.5, 0.6) is 5.75 Å². The molecule has 1 aromatic carbocycles. The summed E-state index contributed by atoms with van der Waals surface area (Å²) >= 11 is 7.44. The highest BCUT2D eigenvalue weighted by Gasteiger charge is 2.22. The summed E-state index contributed by atoms with van der Waals surface area (Å²) < 4.78 is 5.80. The molecule has 10 heteroatoms. The Kier molecular flexibility index (Phi) is 5.74. The molecule has 0 aliphatic carbocycles. The number of nitrogen functional groups attached to an aromatic ring is 1. The molecule has 0 bridgehead atoms. The quantitative estimate of drug-likeness (QED) is 0.588. The van der Waals surface area contributed by atoms with Gasteiger partial charge in [0.2, 0.25) is 5.95 Å². The van der Waals surface area contributed by atoms with E-state index >= 15 is 0 Å². The summed E-state index contributed by atoms with van der Waals surface area (Å²) in [4.78, 5) is 21.1. The van der Waals surface area contributed by atoms with Crippen molar-refractivity contribution in [3.05, 3.63) is 29.3 Å². The van der Waals surface area contributed by atoms with Crippen molar-refractivity contribution in [1.82, 2.24) is 24.8 Å². The Hall–Kier alpha value is -2.23. The number of hydrogen-bond acceptors (Lipinski definition) is 8. The van der Waals surface area contributed by atoms with E-state index in [9.17, 15) is 0 Å². The molecule has 0 radical (unpaired) electrons. The average molecular weight is 420 g/mol. The van der Waals surface area contributed by atoms with Gasteiger partial charge in [0.05, 0.1) is 0 Å². The van der Waals surface area contributed by atoms with Gasteiger partial charge in [-0.05, 0) is 30.5 Å². The number of piperazine rings is 1. The molecule has 148 valence electrons. The average Bonchev–Trinajstić information content (AvgIpc) is 3.12. The summed E-state index contributed by atoms with van der Waals surface area (Å²) in [7, 11) is 0. The first-order valence-corrected chi connectivity index (χ1v) is 10.7. The number of nitrogens with zero attached hydrogens (tertiary/aromatic N) is 5. The largest absolute Gasteiger partial charge is 0.492 e. The van der Waals surface area contributed by atoms with Crippen LogP contribution in [-0.2, 0) is 0 Å². The molecule has 1 saturated heterocycles. The number of benzene rings is 1. The molecule has 8 nitrogen and oxygen atoms in total. The molecule has 3 heterocycles. The van der Waals surface area contributed by atoms with E-state index in [1.165, 1.54) is 0 Å². The molecule has 1 aliphatic rings. The first-order valence-electron chi connectivity index (χ1n) is 9.05. The summed E-state index contributed by atoms with van der Waals surface area (Å²) in [5, 5.41) is 1.53. The molecule has 4 rings (SSSR count). The molecule has 0 saturated carbocycles. The third-order valence-corrected chi connectivity index (χ3v) is 5.51. The van der Waals surface area contributed by atoms with Gasteiger partial charge in [-0.2, -0.15) is 9.97 Å². The predicted octanol–water partition coefficient (Wildman–Crippen LogP) is 2.51. The maximum Gasteiger partial charge on any atom is 0.224 e. The number of aromatic nitrogens is 4. The number of halogens is 1. The zero-order valence-corrected chi connectivity index (χ0v) is 17.1. The molecule has 0 spiro atoms. The van der Waals surface area contributed by atoms with Crippen molar-refractivity contribution in [1.29, 1.82) is 0 Å². The van der Waals surface area contributed by atoms with E-state index in [-0.39, 0.29) is 5.95 Å². The maximum atomic E-state index is 5.90. The molecule has 2 aromatic heterocycles. The number of nitrogens with two attached hydrogens (primary N) is 1. The van der Waals surface area contributed by atoms with Crippen molar-refractivity contribution in [3.63, 3.8) is 0 Å². The fourth-order valence-corrected chi connectivity index (χ4v) is 3.71. The fourth-order valence-electron chi connectivity index (χ4n) is 3.20. The Morgan fingerprint density at radius 1 is 1.14 bits per heavy atom. The number of aromatic amines is 1. The van der Waals surface area contributed by atoms with Crippen molar-refractivity contribution in [3.8, 4) is 5.75 Å². The zero-order chi connectivity index (χ0) is 19.5. The number of H-pyrrole nitrogens is 1. The van der Waals surface area contributed by atoms with Crippen LogP contribution in [-0.4, -0.2) is 70.4 Å². The van der Waals surface area contributed by atoms with E-state index in [1.54, 1.807) is 11.8 Å². The number of thioether (sulfide) groups is 1. The first kappa shape index (κ1) is 19.1. The van der Waals surface area contributed by atoms with E-state index in [1.807, 2.05) is 30.5 Å². The summed E-state index contributed by atoms with van der Waals surface area (Å²) in [6.07, 6.45) is 1.97. The first-order chi connectivity index (χ1) is 13.6. The minimum absolute atomic E-state index is 0.262. The van der Waals surface area contributed by atoms with Crippen molar-refractivity contribution >= 4 is 46.3 Å². The van der Waals surface area contributed by atoms with Crippen LogP contribution in [0.2, 0.25) is 5.02 Å². The molecule has 0 atom stereocenters.